The lowest BCUT2D eigenvalue weighted by Gasteiger charge is -2.07. The highest BCUT2D eigenvalue weighted by Crippen LogP contribution is 1.93. The summed E-state index contributed by atoms with van der Waals surface area (Å²) in [6.07, 6.45) is 2.66. The predicted molar refractivity (Wildman–Crippen MR) is 57.8 cm³/mol. The molecule has 4 N–H and O–H groups in total. The number of nitrogens with zero attached hydrogens (tertiary/aromatic N) is 4. The van der Waals surface area contributed by atoms with Crippen LogP contribution in [-0.4, -0.2) is 27.3 Å². The molecule has 0 atom stereocenters. The third-order valence-electron chi connectivity index (χ3n) is 1.86. The van der Waals surface area contributed by atoms with Crippen LogP contribution in [0.25, 0.3) is 0 Å². The van der Waals surface area contributed by atoms with Crippen LogP contribution in [0.2, 0.25) is 0 Å². The molecule has 0 aliphatic heterocycles. The molecule has 1 aromatic heterocycles. The van der Waals surface area contributed by atoms with Crippen LogP contribution in [0.1, 0.15) is 19.2 Å². The SMILES string of the molecule is CCCNC(=NCc1nncn1C)NN. The average Bonchev–Trinajstić information content (AvgIpc) is 2.65. The Balaban J connectivity index is 2.50. The third-order valence-corrected chi connectivity index (χ3v) is 1.86. The van der Waals surface area contributed by atoms with E-state index in [2.05, 4.69) is 32.9 Å². The van der Waals surface area contributed by atoms with Crippen LogP contribution in [0.15, 0.2) is 11.3 Å². The molecular formula is C8H17N7. The second-order valence-electron chi connectivity index (χ2n) is 3.09. The van der Waals surface area contributed by atoms with Crippen LogP contribution in [0, 0.1) is 0 Å². The molecule has 0 aromatic carbocycles. The molecule has 0 aliphatic carbocycles. The third kappa shape index (κ3) is 3.55. The highest BCUT2D eigenvalue weighted by molar-refractivity contribution is 5.79. The summed E-state index contributed by atoms with van der Waals surface area (Å²) < 4.78 is 1.82. The van der Waals surface area contributed by atoms with Gasteiger partial charge in [-0.25, -0.2) is 10.8 Å². The minimum atomic E-state index is 0.451. The molecule has 0 radical (unpaired) electrons. The number of aliphatic imine (C=N–C) groups is 1. The number of hydrogen-bond donors (Lipinski definition) is 3. The molecule has 7 heteroatoms. The molecule has 0 bridgehead atoms. The molecule has 0 amide bonds. The average molecular weight is 211 g/mol. The maximum Gasteiger partial charge on any atom is 0.206 e. The quantitative estimate of drug-likeness (QED) is 0.261. The van der Waals surface area contributed by atoms with E-state index in [9.17, 15) is 0 Å². The van der Waals surface area contributed by atoms with E-state index in [0.29, 0.717) is 12.5 Å². The lowest BCUT2D eigenvalue weighted by Crippen LogP contribution is -2.41. The summed E-state index contributed by atoms with van der Waals surface area (Å²) in [6.45, 7) is 3.36. The Morgan fingerprint density at radius 2 is 2.47 bits per heavy atom. The van der Waals surface area contributed by atoms with Gasteiger partial charge in [0.25, 0.3) is 0 Å². The number of hydrazine groups is 1. The molecule has 0 unspecified atom stereocenters. The summed E-state index contributed by atoms with van der Waals surface area (Å²) in [7, 11) is 1.87. The summed E-state index contributed by atoms with van der Waals surface area (Å²) in [5.74, 6) is 6.67. The summed E-state index contributed by atoms with van der Waals surface area (Å²) in [4.78, 5) is 4.23. The van der Waals surface area contributed by atoms with Gasteiger partial charge in [-0.2, -0.15) is 0 Å². The minimum Gasteiger partial charge on any atom is -0.355 e. The molecule has 15 heavy (non-hydrogen) atoms. The number of hydrogen-bond acceptors (Lipinski definition) is 4. The fraction of sp³-hybridized carbons (Fsp3) is 0.625. The first-order chi connectivity index (χ1) is 7.27. The van der Waals surface area contributed by atoms with Gasteiger partial charge >= 0.3 is 0 Å². The highest BCUT2D eigenvalue weighted by atomic mass is 15.3. The Hall–Kier alpha value is -1.63. The van der Waals surface area contributed by atoms with Crippen LogP contribution < -0.4 is 16.6 Å². The lowest BCUT2D eigenvalue weighted by atomic mass is 10.5. The zero-order valence-corrected chi connectivity index (χ0v) is 9.06. The zero-order valence-electron chi connectivity index (χ0n) is 9.06. The number of nitrogens with one attached hydrogen (secondary N) is 2. The molecule has 84 valence electrons. The van der Waals surface area contributed by atoms with Gasteiger partial charge in [0.2, 0.25) is 5.96 Å². The fourth-order valence-electron chi connectivity index (χ4n) is 0.996. The smallest absolute Gasteiger partial charge is 0.206 e. The zero-order chi connectivity index (χ0) is 11.1. The molecule has 0 spiro atoms. The van der Waals surface area contributed by atoms with Gasteiger partial charge in [0.05, 0.1) is 0 Å². The Labute approximate surface area is 88.8 Å². The van der Waals surface area contributed by atoms with Gasteiger partial charge in [-0.05, 0) is 6.42 Å². The molecule has 1 aromatic rings. The van der Waals surface area contributed by atoms with Crippen molar-refractivity contribution in [3.05, 3.63) is 12.2 Å². The summed E-state index contributed by atoms with van der Waals surface area (Å²) in [6, 6.07) is 0. The molecule has 0 saturated carbocycles. The topological polar surface area (TPSA) is 93.1 Å². The fourth-order valence-corrected chi connectivity index (χ4v) is 0.996. The first kappa shape index (κ1) is 11.4. The van der Waals surface area contributed by atoms with Gasteiger partial charge in [-0.3, -0.25) is 5.43 Å². The van der Waals surface area contributed by atoms with Crippen molar-refractivity contribution in [3.8, 4) is 0 Å². The number of guanidine groups is 1. The van der Waals surface area contributed by atoms with Crippen molar-refractivity contribution in [2.45, 2.75) is 19.9 Å². The highest BCUT2D eigenvalue weighted by Gasteiger charge is 1.99. The van der Waals surface area contributed by atoms with Crippen LogP contribution in [0.4, 0.5) is 0 Å². The minimum absolute atomic E-state index is 0.451. The molecule has 0 saturated heterocycles. The van der Waals surface area contributed by atoms with Crippen molar-refractivity contribution >= 4 is 5.96 Å². The predicted octanol–water partition coefficient (Wildman–Crippen LogP) is -0.866. The van der Waals surface area contributed by atoms with E-state index in [1.54, 1.807) is 6.33 Å². The van der Waals surface area contributed by atoms with E-state index in [0.717, 1.165) is 18.8 Å². The van der Waals surface area contributed by atoms with Crippen LogP contribution in [0.3, 0.4) is 0 Å². The second-order valence-corrected chi connectivity index (χ2v) is 3.09. The monoisotopic (exact) mass is 211 g/mol. The summed E-state index contributed by atoms with van der Waals surface area (Å²) in [5.41, 5.74) is 2.50. The van der Waals surface area contributed by atoms with Crippen molar-refractivity contribution in [2.24, 2.45) is 17.9 Å². The maximum absolute atomic E-state index is 5.30. The first-order valence-corrected chi connectivity index (χ1v) is 4.85. The van der Waals surface area contributed by atoms with E-state index in [-0.39, 0.29) is 0 Å². The van der Waals surface area contributed by atoms with Gasteiger partial charge in [0.1, 0.15) is 12.9 Å². The summed E-state index contributed by atoms with van der Waals surface area (Å²) in [5, 5.41) is 10.7. The van der Waals surface area contributed by atoms with Gasteiger partial charge in [-0.15, -0.1) is 10.2 Å². The second kappa shape index (κ2) is 5.97. The van der Waals surface area contributed by atoms with Crippen LogP contribution in [0.5, 0.6) is 0 Å². The molecule has 0 aliphatic rings. The molecule has 1 rings (SSSR count). The Morgan fingerprint density at radius 1 is 1.67 bits per heavy atom. The van der Waals surface area contributed by atoms with Crippen molar-refractivity contribution in [3.63, 3.8) is 0 Å². The van der Waals surface area contributed by atoms with Crippen LogP contribution >= 0.6 is 0 Å². The molecule has 0 fully saturated rings. The van der Waals surface area contributed by atoms with E-state index < -0.39 is 0 Å². The number of nitrogens with two attached hydrogens (primary N) is 1. The molecule has 7 nitrogen and oxygen atoms in total. The number of rotatable bonds is 4. The summed E-state index contributed by atoms with van der Waals surface area (Å²) >= 11 is 0. The van der Waals surface area contributed by atoms with Gasteiger partial charge in [0.15, 0.2) is 5.82 Å². The van der Waals surface area contributed by atoms with Crippen LogP contribution in [-0.2, 0) is 13.6 Å². The number of aryl methyl sites for hydroxylation is 1. The normalized spacial score (nSPS) is 11.5. The lowest BCUT2D eigenvalue weighted by molar-refractivity contribution is 0.760. The van der Waals surface area contributed by atoms with Gasteiger partial charge in [0, 0.05) is 13.6 Å². The van der Waals surface area contributed by atoms with Gasteiger partial charge < -0.3 is 9.88 Å². The Kier molecular flexibility index (Phi) is 4.55. The Bertz CT molecular complexity index is 317. The van der Waals surface area contributed by atoms with Crippen molar-refractivity contribution in [1.29, 1.82) is 0 Å². The van der Waals surface area contributed by atoms with E-state index >= 15 is 0 Å². The van der Waals surface area contributed by atoms with E-state index in [1.165, 1.54) is 0 Å². The molecule has 1 heterocycles. The van der Waals surface area contributed by atoms with Crippen molar-refractivity contribution in [1.82, 2.24) is 25.5 Å². The Morgan fingerprint density at radius 3 is 3.00 bits per heavy atom. The van der Waals surface area contributed by atoms with E-state index in [1.807, 2.05) is 11.6 Å². The first-order valence-electron chi connectivity index (χ1n) is 4.85. The van der Waals surface area contributed by atoms with E-state index in [4.69, 9.17) is 5.84 Å². The standard InChI is InChI=1S/C8H17N7/c1-3-4-10-8(13-9)11-5-7-14-12-6-15(7)2/h6H,3-5,9H2,1-2H3,(H2,10,11,13). The van der Waals surface area contributed by atoms with Crippen molar-refractivity contribution in [2.75, 3.05) is 6.54 Å². The van der Waals surface area contributed by atoms with Crippen molar-refractivity contribution < 1.29 is 0 Å². The largest absolute Gasteiger partial charge is 0.355 e. The maximum atomic E-state index is 5.30. The van der Waals surface area contributed by atoms with Gasteiger partial charge in [-0.1, -0.05) is 6.92 Å². The molecular weight excluding hydrogens is 194 g/mol. The number of aromatic nitrogens is 3.